The molecule has 2 aromatic carbocycles. The molecule has 0 saturated carbocycles. The van der Waals surface area contributed by atoms with Crippen molar-refractivity contribution in [2.45, 2.75) is 32.6 Å². The van der Waals surface area contributed by atoms with Gasteiger partial charge in [-0.1, -0.05) is 25.1 Å². The van der Waals surface area contributed by atoms with E-state index < -0.39 is 23.7 Å². The molecule has 9 heteroatoms. The minimum absolute atomic E-state index is 0.0648. The Morgan fingerprint density at radius 2 is 1.93 bits per heavy atom. The van der Waals surface area contributed by atoms with Gasteiger partial charge in [0.1, 0.15) is 5.82 Å². The first-order valence-electron chi connectivity index (χ1n) is 9.39. The van der Waals surface area contributed by atoms with Crippen molar-refractivity contribution in [3.8, 4) is 0 Å². The van der Waals surface area contributed by atoms with E-state index >= 15 is 0 Å². The fraction of sp³-hybridized carbons (Fsp3) is 0.286. The van der Waals surface area contributed by atoms with Crippen LogP contribution in [0.5, 0.6) is 0 Å². The molecule has 0 fully saturated rings. The second-order valence-corrected chi connectivity index (χ2v) is 6.84. The van der Waals surface area contributed by atoms with Gasteiger partial charge >= 0.3 is 6.18 Å². The second kappa shape index (κ2) is 8.66. The number of H-pyrrole nitrogens is 1. The van der Waals surface area contributed by atoms with Crippen molar-refractivity contribution in [2.24, 2.45) is 0 Å². The van der Waals surface area contributed by atoms with E-state index in [-0.39, 0.29) is 17.8 Å². The molecule has 2 N–H and O–H groups in total. The zero-order valence-corrected chi connectivity index (χ0v) is 16.5. The first-order valence-corrected chi connectivity index (χ1v) is 9.39. The van der Waals surface area contributed by atoms with E-state index in [0.29, 0.717) is 23.3 Å². The van der Waals surface area contributed by atoms with Crippen LogP contribution in [0.3, 0.4) is 0 Å². The lowest BCUT2D eigenvalue weighted by Gasteiger charge is -2.26. The molecule has 0 spiro atoms. The summed E-state index contributed by atoms with van der Waals surface area (Å²) < 4.78 is 38.6. The second-order valence-electron chi connectivity index (χ2n) is 6.84. The van der Waals surface area contributed by atoms with E-state index in [1.54, 1.807) is 36.1 Å². The van der Waals surface area contributed by atoms with Crippen LogP contribution in [0.15, 0.2) is 53.3 Å². The highest BCUT2D eigenvalue weighted by molar-refractivity contribution is 5.94. The monoisotopic (exact) mass is 418 g/mol. The number of likely N-dealkylation sites (N-methyl/N-ethyl adjacent to an activating group) is 1. The molecule has 1 unspecified atom stereocenters. The summed E-state index contributed by atoms with van der Waals surface area (Å²) >= 11 is 0. The number of anilines is 1. The number of hydrogen-bond donors (Lipinski definition) is 2. The molecule has 6 nitrogen and oxygen atoms in total. The van der Waals surface area contributed by atoms with Crippen LogP contribution in [0, 0.1) is 0 Å². The summed E-state index contributed by atoms with van der Waals surface area (Å²) in [5.74, 6) is -0.0569. The molecule has 3 rings (SSSR count). The molecule has 1 aromatic heterocycles. The summed E-state index contributed by atoms with van der Waals surface area (Å²) in [6.07, 6.45) is -4.49. The Bertz CT molecular complexity index is 1110. The summed E-state index contributed by atoms with van der Waals surface area (Å²) in [5, 5.41) is 2.99. The molecule has 0 aliphatic rings. The number of nitrogens with one attached hydrogen (secondary N) is 2. The lowest BCUT2D eigenvalue weighted by Crippen LogP contribution is -2.42. The third kappa shape index (κ3) is 4.85. The number of aromatic nitrogens is 2. The van der Waals surface area contributed by atoms with Gasteiger partial charge in [-0.15, -0.1) is 0 Å². The first kappa shape index (κ1) is 21.5. The molecule has 1 heterocycles. The average Bonchev–Trinajstić information content (AvgIpc) is 2.71. The van der Waals surface area contributed by atoms with Crippen LogP contribution >= 0.6 is 0 Å². The van der Waals surface area contributed by atoms with Crippen molar-refractivity contribution in [1.82, 2.24) is 14.9 Å². The zero-order chi connectivity index (χ0) is 21.9. The van der Waals surface area contributed by atoms with Crippen LogP contribution in [0.4, 0.5) is 18.9 Å². The Hall–Kier alpha value is -3.20. The Labute approximate surface area is 170 Å². The highest BCUT2D eigenvalue weighted by Crippen LogP contribution is 2.30. The van der Waals surface area contributed by atoms with Crippen LogP contribution < -0.4 is 10.9 Å². The summed E-state index contributed by atoms with van der Waals surface area (Å²) in [5.41, 5.74) is -0.491. The summed E-state index contributed by atoms with van der Waals surface area (Å²) in [6.45, 7) is 4.15. The topological polar surface area (TPSA) is 78.1 Å². The molecule has 0 bridgehead atoms. The molecule has 0 aliphatic carbocycles. The molecule has 158 valence electrons. The van der Waals surface area contributed by atoms with Crippen LogP contribution in [-0.4, -0.2) is 33.4 Å². The van der Waals surface area contributed by atoms with Crippen LogP contribution in [-0.2, 0) is 17.5 Å². The van der Waals surface area contributed by atoms with Crippen molar-refractivity contribution in [1.29, 1.82) is 0 Å². The van der Waals surface area contributed by atoms with Gasteiger partial charge in [-0.2, -0.15) is 13.2 Å². The van der Waals surface area contributed by atoms with Gasteiger partial charge in [0.2, 0.25) is 5.91 Å². The number of alkyl halides is 3. The number of aromatic amines is 1. The van der Waals surface area contributed by atoms with Gasteiger partial charge in [0.05, 0.1) is 29.1 Å². The van der Waals surface area contributed by atoms with E-state index in [1.807, 2.05) is 6.92 Å². The minimum Gasteiger partial charge on any atom is -0.325 e. The number of halogens is 3. The van der Waals surface area contributed by atoms with Gasteiger partial charge in [0.25, 0.3) is 5.56 Å². The maximum atomic E-state index is 12.9. The van der Waals surface area contributed by atoms with Crippen molar-refractivity contribution in [3.05, 3.63) is 70.3 Å². The standard InChI is InChI=1S/C21H21F3N4O2/c1-3-28(12-18-26-17-10-5-4-9-16(17)20(30)27-18)13(2)19(29)25-15-8-6-7-14(11-15)21(22,23)24/h4-11,13H,3,12H2,1-2H3,(H,25,29)(H,26,27,30). The van der Waals surface area contributed by atoms with Crippen molar-refractivity contribution in [3.63, 3.8) is 0 Å². The average molecular weight is 418 g/mol. The van der Waals surface area contributed by atoms with Crippen molar-refractivity contribution >= 4 is 22.5 Å². The predicted octanol–water partition coefficient (Wildman–Crippen LogP) is 3.79. The maximum Gasteiger partial charge on any atom is 0.416 e. The SMILES string of the molecule is CCN(Cc1nc2ccccc2c(=O)[nH]1)C(C)C(=O)Nc1cccc(C(F)(F)F)c1. The molecule has 0 radical (unpaired) electrons. The molecule has 30 heavy (non-hydrogen) atoms. The summed E-state index contributed by atoms with van der Waals surface area (Å²) in [7, 11) is 0. The number of carbonyl (C=O) groups is 1. The Morgan fingerprint density at radius 3 is 2.63 bits per heavy atom. The van der Waals surface area contributed by atoms with Crippen molar-refractivity contribution in [2.75, 3.05) is 11.9 Å². The fourth-order valence-electron chi connectivity index (χ4n) is 3.11. The third-order valence-electron chi connectivity index (χ3n) is 4.81. The lowest BCUT2D eigenvalue weighted by atomic mass is 10.2. The minimum atomic E-state index is -4.49. The number of hydrogen-bond acceptors (Lipinski definition) is 4. The molecule has 1 atom stereocenters. The Kier molecular flexibility index (Phi) is 6.21. The van der Waals surface area contributed by atoms with E-state index in [1.165, 1.54) is 12.1 Å². The zero-order valence-electron chi connectivity index (χ0n) is 16.5. The number of carbonyl (C=O) groups excluding carboxylic acids is 1. The maximum absolute atomic E-state index is 12.9. The summed E-state index contributed by atoms with van der Waals surface area (Å²) in [4.78, 5) is 33.8. The van der Waals surface area contributed by atoms with Gasteiger partial charge in [-0.25, -0.2) is 4.98 Å². The highest BCUT2D eigenvalue weighted by atomic mass is 19.4. The van der Waals surface area contributed by atoms with E-state index in [0.717, 1.165) is 12.1 Å². The lowest BCUT2D eigenvalue weighted by molar-refractivity contribution is -0.137. The van der Waals surface area contributed by atoms with Gasteiger partial charge in [0, 0.05) is 5.69 Å². The molecule has 3 aromatic rings. The number of nitrogens with zero attached hydrogens (tertiary/aromatic N) is 2. The largest absolute Gasteiger partial charge is 0.416 e. The first-order chi connectivity index (χ1) is 14.2. The summed E-state index contributed by atoms with van der Waals surface area (Å²) in [6, 6.07) is 10.7. The van der Waals surface area contributed by atoms with Crippen LogP contribution in [0.2, 0.25) is 0 Å². The highest BCUT2D eigenvalue weighted by Gasteiger charge is 2.30. The molecular formula is C21H21F3N4O2. The van der Waals surface area contributed by atoms with Crippen LogP contribution in [0.25, 0.3) is 10.9 Å². The van der Waals surface area contributed by atoms with Gasteiger partial charge in [-0.3, -0.25) is 14.5 Å². The fourth-order valence-corrected chi connectivity index (χ4v) is 3.11. The van der Waals surface area contributed by atoms with Gasteiger partial charge in [-0.05, 0) is 43.8 Å². The quantitative estimate of drug-likeness (QED) is 0.639. The Balaban J connectivity index is 1.75. The smallest absolute Gasteiger partial charge is 0.325 e. The van der Waals surface area contributed by atoms with E-state index in [4.69, 9.17) is 0 Å². The van der Waals surface area contributed by atoms with E-state index in [2.05, 4.69) is 15.3 Å². The molecular weight excluding hydrogens is 397 g/mol. The predicted molar refractivity (Wildman–Crippen MR) is 108 cm³/mol. The van der Waals surface area contributed by atoms with Gasteiger partial charge in [0.15, 0.2) is 0 Å². The van der Waals surface area contributed by atoms with E-state index in [9.17, 15) is 22.8 Å². The van der Waals surface area contributed by atoms with Crippen molar-refractivity contribution < 1.29 is 18.0 Å². The normalized spacial score (nSPS) is 12.9. The number of benzene rings is 2. The number of amides is 1. The third-order valence-corrected chi connectivity index (χ3v) is 4.81. The molecule has 0 aliphatic heterocycles. The number of para-hydroxylation sites is 1. The number of fused-ring (bicyclic) bond motifs is 1. The molecule has 1 amide bonds. The molecule has 0 saturated heterocycles. The van der Waals surface area contributed by atoms with Gasteiger partial charge < -0.3 is 10.3 Å². The number of rotatable bonds is 6. The Morgan fingerprint density at radius 1 is 1.20 bits per heavy atom. The van der Waals surface area contributed by atoms with Crippen LogP contribution in [0.1, 0.15) is 25.2 Å².